The van der Waals surface area contributed by atoms with Gasteiger partial charge >= 0.3 is 5.97 Å². The van der Waals surface area contributed by atoms with Crippen LogP contribution in [0, 0.1) is 5.92 Å². The molecule has 4 heterocycles. The van der Waals surface area contributed by atoms with Gasteiger partial charge in [0, 0.05) is 42.5 Å². The molecule has 0 bridgehead atoms. The molecule has 4 unspecified atom stereocenters. The van der Waals surface area contributed by atoms with Crippen molar-refractivity contribution in [2.75, 3.05) is 11.9 Å². The van der Waals surface area contributed by atoms with Gasteiger partial charge in [-0.25, -0.2) is 9.78 Å². The highest BCUT2D eigenvalue weighted by Crippen LogP contribution is 2.35. The van der Waals surface area contributed by atoms with Crippen LogP contribution in [0.3, 0.4) is 0 Å². The molecule has 34 heavy (non-hydrogen) atoms. The van der Waals surface area contributed by atoms with Crippen LogP contribution < -0.4 is 16.2 Å². The van der Waals surface area contributed by atoms with Gasteiger partial charge in [-0.3, -0.25) is 10.9 Å². The zero-order valence-corrected chi connectivity index (χ0v) is 19.6. The first-order chi connectivity index (χ1) is 16.6. The van der Waals surface area contributed by atoms with Gasteiger partial charge in [-0.2, -0.15) is 0 Å². The third kappa shape index (κ3) is 3.82. The summed E-state index contributed by atoms with van der Waals surface area (Å²) < 4.78 is 1.94. The largest absolute Gasteiger partial charge is 0.478 e. The van der Waals surface area contributed by atoms with Crippen LogP contribution in [0.5, 0.6) is 0 Å². The maximum absolute atomic E-state index is 11.1. The molecule has 0 amide bonds. The molecule has 1 aromatic carbocycles. The summed E-state index contributed by atoms with van der Waals surface area (Å²) in [5, 5.41) is 23.0. The molecule has 1 aliphatic carbocycles. The summed E-state index contributed by atoms with van der Waals surface area (Å²) in [6.45, 7) is 0.877. The van der Waals surface area contributed by atoms with Gasteiger partial charge in [-0.05, 0) is 37.1 Å². The van der Waals surface area contributed by atoms with Crippen molar-refractivity contribution in [3.8, 4) is 21.8 Å². The average Bonchev–Trinajstić information content (AvgIpc) is 3.60. The third-order valence-corrected chi connectivity index (χ3v) is 8.11. The number of nitrogens with one attached hydrogen (secondary N) is 3. The number of halogens is 1. The van der Waals surface area contributed by atoms with Crippen molar-refractivity contribution in [2.24, 2.45) is 5.92 Å². The fourth-order valence-corrected chi connectivity index (χ4v) is 6.08. The quantitative estimate of drug-likeness (QED) is 0.311. The number of nitrogens with zero attached hydrogens (tertiary/aromatic N) is 4. The number of carboxylic acid groups (broad SMARTS) is 1. The molecule has 0 radical (unpaired) electrons. The smallest absolute Gasteiger partial charge is 0.335 e. The standard InChI is InChI=1S/C23H22ClN7O2S/c24-19-15-10-25-28-16(15)7-8-17(19)27-23-30-29-21(34-23)14-2-1-9-31-11-18(26-20(14)31)12-3-5-13(6-4-12)22(32)33/h1-6,9,11,15-17,19,25,28H,7-8,10H2,(H,27,30)(H,32,33). The highest BCUT2D eigenvalue weighted by Gasteiger charge is 2.41. The second kappa shape index (κ2) is 8.62. The highest BCUT2D eigenvalue weighted by molar-refractivity contribution is 7.18. The van der Waals surface area contributed by atoms with Gasteiger partial charge in [-0.1, -0.05) is 23.5 Å². The summed E-state index contributed by atoms with van der Waals surface area (Å²) in [5.41, 5.74) is 10.0. The Labute approximate surface area is 204 Å². The molecular weight excluding hydrogens is 474 g/mol. The normalized spacial score (nSPS) is 24.3. The Morgan fingerprint density at radius 1 is 1.21 bits per heavy atom. The minimum atomic E-state index is -0.949. The SMILES string of the molecule is O=C(O)c1ccc(-c2cn3cccc(-c4nnc(NC5CCC6NNCC6C5Cl)s4)c3n2)cc1. The van der Waals surface area contributed by atoms with Crippen LogP contribution in [0.1, 0.15) is 23.2 Å². The lowest BCUT2D eigenvalue weighted by molar-refractivity contribution is 0.0697. The molecule has 9 nitrogen and oxygen atoms in total. The van der Waals surface area contributed by atoms with Crippen LogP contribution in [-0.4, -0.2) is 54.7 Å². The zero-order chi connectivity index (χ0) is 23.2. The van der Waals surface area contributed by atoms with E-state index < -0.39 is 5.97 Å². The number of carboxylic acids is 1. The molecule has 174 valence electrons. The van der Waals surface area contributed by atoms with Crippen LogP contribution in [-0.2, 0) is 0 Å². The second-order valence-electron chi connectivity index (χ2n) is 8.64. The maximum atomic E-state index is 11.1. The van der Waals surface area contributed by atoms with Crippen molar-refractivity contribution in [1.29, 1.82) is 0 Å². The number of hydrogen-bond donors (Lipinski definition) is 4. The van der Waals surface area contributed by atoms with E-state index in [2.05, 4.69) is 26.4 Å². The molecule has 1 aliphatic heterocycles. The number of rotatable bonds is 5. The van der Waals surface area contributed by atoms with Gasteiger partial charge in [0.2, 0.25) is 5.13 Å². The summed E-state index contributed by atoms with van der Waals surface area (Å²) in [4.78, 5) is 15.9. The summed E-state index contributed by atoms with van der Waals surface area (Å²) in [6.07, 6.45) is 5.89. The number of hydrazine groups is 1. The number of fused-ring (bicyclic) bond motifs is 2. The monoisotopic (exact) mass is 495 g/mol. The van der Waals surface area contributed by atoms with Gasteiger partial charge in [0.15, 0.2) is 5.01 Å². The first kappa shape index (κ1) is 21.5. The lowest BCUT2D eigenvalue weighted by atomic mass is 9.82. The van der Waals surface area contributed by atoms with E-state index >= 15 is 0 Å². The van der Waals surface area contributed by atoms with Crippen LogP contribution >= 0.6 is 22.9 Å². The molecule has 11 heteroatoms. The average molecular weight is 496 g/mol. The fourth-order valence-electron chi connectivity index (χ4n) is 4.80. The number of carbonyl (C=O) groups is 1. The number of aromatic carboxylic acids is 1. The van der Waals surface area contributed by atoms with E-state index in [1.165, 1.54) is 11.3 Å². The lowest BCUT2D eigenvalue weighted by Gasteiger charge is -2.35. The van der Waals surface area contributed by atoms with Gasteiger partial charge in [0.1, 0.15) is 5.65 Å². The topological polar surface area (TPSA) is 116 Å². The predicted molar refractivity (Wildman–Crippen MR) is 131 cm³/mol. The predicted octanol–water partition coefficient (Wildman–Crippen LogP) is 3.49. The molecular formula is C23H22ClN7O2S. The second-order valence-corrected chi connectivity index (χ2v) is 10.1. The van der Waals surface area contributed by atoms with E-state index in [9.17, 15) is 4.79 Å². The molecule has 0 spiro atoms. The van der Waals surface area contributed by atoms with Gasteiger partial charge < -0.3 is 14.8 Å². The van der Waals surface area contributed by atoms with E-state index in [1.54, 1.807) is 24.3 Å². The van der Waals surface area contributed by atoms with E-state index in [4.69, 9.17) is 21.7 Å². The fraction of sp³-hybridized carbons (Fsp3) is 0.304. The van der Waals surface area contributed by atoms with Gasteiger partial charge in [0.25, 0.3) is 0 Å². The number of aromatic nitrogens is 4. The number of alkyl halides is 1. The maximum Gasteiger partial charge on any atom is 0.335 e. The lowest BCUT2D eigenvalue weighted by Crippen LogP contribution is -2.47. The van der Waals surface area contributed by atoms with Crippen LogP contribution in [0.25, 0.3) is 27.5 Å². The Balaban J connectivity index is 1.26. The molecule has 2 aliphatic rings. The molecule has 4 N–H and O–H groups in total. The minimum absolute atomic E-state index is 0.0133. The Hall–Kier alpha value is -3.05. The summed E-state index contributed by atoms with van der Waals surface area (Å²) in [5.74, 6) is -0.559. The van der Waals surface area contributed by atoms with Crippen molar-refractivity contribution in [3.63, 3.8) is 0 Å². The first-order valence-corrected chi connectivity index (χ1v) is 12.4. The van der Waals surface area contributed by atoms with Crippen molar-refractivity contribution in [2.45, 2.75) is 30.3 Å². The van der Waals surface area contributed by atoms with Crippen LogP contribution in [0.2, 0.25) is 0 Å². The molecule has 6 rings (SSSR count). The minimum Gasteiger partial charge on any atom is -0.478 e. The highest BCUT2D eigenvalue weighted by atomic mass is 35.5. The molecule has 1 saturated carbocycles. The number of benzene rings is 1. The van der Waals surface area contributed by atoms with Crippen molar-refractivity contribution in [1.82, 2.24) is 30.4 Å². The summed E-state index contributed by atoms with van der Waals surface area (Å²) in [6, 6.07) is 11.2. The Morgan fingerprint density at radius 3 is 2.88 bits per heavy atom. The summed E-state index contributed by atoms with van der Waals surface area (Å²) >= 11 is 8.28. The van der Waals surface area contributed by atoms with Crippen molar-refractivity contribution >= 4 is 39.7 Å². The molecule has 3 aromatic heterocycles. The van der Waals surface area contributed by atoms with Crippen LogP contribution in [0.4, 0.5) is 5.13 Å². The number of pyridine rings is 1. The summed E-state index contributed by atoms with van der Waals surface area (Å²) in [7, 11) is 0. The van der Waals surface area contributed by atoms with E-state index in [-0.39, 0.29) is 17.0 Å². The zero-order valence-electron chi connectivity index (χ0n) is 18.0. The van der Waals surface area contributed by atoms with E-state index in [1.807, 2.05) is 28.9 Å². The number of hydrogen-bond acceptors (Lipinski definition) is 8. The molecule has 4 atom stereocenters. The Bertz CT molecular complexity index is 1360. The molecule has 2 fully saturated rings. The molecule has 4 aromatic rings. The Kier molecular flexibility index (Phi) is 5.45. The Morgan fingerprint density at radius 2 is 2.06 bits per heavy atom. The van der Waals surface area contributed by atoms with Gasteiger partial charge in [-0.15, -0.1) is 21.8 Å². The molecule has 1 saturated heterocycles. The number of anilines is 1. The third-order valence-electron chi connectivity index (χ3n) is 6.60. The number of imidazole rings is 1. The van der Waals surface area contributed by atoms with Crippen molar-refractivity contribution < 1.29 is 9.90 Å². The van der Waals surface area contributed by atoms with Crippen LogP contribution in [0.15, 0.2) is 48.8 Å². The first-order valence-electron chi connectivity index (χ1n) is 11.1. The van der Waals surface area contributed by atoms with Crippen molar-refractivity contribution in [3.05, 3.63) is 54.4 Å². The van der Waals surface area contributed by atoms with E-state index in [0.717, 1.165) is 52.0 Å². The van der Waals surface area contributed by atoms with Gasteiger partial charge in [0.05, 0.1) is 22.2 Å². The van der Waals surface area contributed by atoms with E-state index in [0.29, 0.717) is 12.0 Å².